The van der Waals surface area contributed by atoms with Crippen LogP contribution < -0.4 is 10.6 Å². The standard InChI is InChI=1S/C23H25F4N5.HI/c1-29-22(30-14-18-11-16(13-28)5-6-21(18)24)31-20-7-9-32(10-8-20)15-17-3-2-4-19(12-17)23(25,26)27;/h2-6,11-12,20H,7-10,14-15H2,1H3,(H2,29,30,31);1H. The molecule has 0 saturated carbocycles. The SMILES string of the molecule is CN=C(NCc1cc(C#N)ccc1F)NC1CCN(Cc2cccc(C(F)(F)F)c2)CC1.I. The number of alkyl halides is 3. The number of hydrogen-bond acceptors (Lipinski definition) is 3. The van der Waals surface area contributed by atoms with Crippen LogP contribution in [0.15, 0.2) is 47.5 Å². The number of nitrogens with one attached hydrogen (secondary N) is 2. The summed E-state index contributed by atoms with van der Waals surface area (Å²) < 4.78 is 52.7. The molecule has 0 unspecified atom stereocenters. The molecule has 2 aromatic carbocycles. The highest BCUT2D eigenvalue weighted by Crippen LogP contribution is 2.30. The van der Waals surface area contributed by atoms with Crippen LogP contribution in [0.1, 0.15) is 35.1 Å². The van der Waals surface area contributed by atoms with Gasteiger partial charge in [0.15, 0.2) is 5.96 Å². The second kappa shape index (κ2) is 12.2. The number of nitrogens with zero attached hydrogens (tertiary/aromatic N) is 3. The number of aliphatic imine (C=N–C) groups is 1. The van der Waals surface area contributed by atoms with Gasteiger partial charge in [-0.3, -0.25) is 9.89 Å². The van der Waals surface area contributed by atoms with Crippen LogP contribution in [0.2, 0.25) is 0 Å². The van der Waals surface area contributed by atoms with Crippen molar-refractivity contribution in [3.63, 3.8) is 0 Å². The first-order valence-corrected chi connectivity index (χ1v) is 10.3. The molecule has 5 nitrogen and oxygen atoms in total. The van der Waals surface area contributed by atoms with E-state index in [9.17, 15) is 17.6 Å². The van der Waals surface area contributed by atoms with Gasteiger partial charge < -0.3 is 10.6 Å². The third-order valence-corrected chi connectivity index (χ3v) is 5.43. The number of hydrogen-bond donors (Lipinski definition) is 2. The van der Waals surface area contributed by atoms with Crippen molar-refractivity contribution in [3.05, 3.63) is 70.5 Å². The van der Waals surface area contributed by atoms with E-state index in [2.05, 4.69) is 20.5 Å². The topological polar surface area (TPSA) is 63.5 Å². The molecule has 3 rings (SSSR count). The average molecular weight is 575 g/mol. The Morgan fingerprint density at radius 1 is 1.18 bits per heavy atom. The summed E-state index contributed by atoms with van der Waals surface area (Å²) in [6, 6.07) is 11.8. The van der Waals surface area contributed by atoms with Crippen LogP contribution in [-0.2, 0) is 19.3 Å². The van der Waals surface area contributed by atoms with Gasteiger partial charge in [0, 0.05) is 44.8 Å². The molecule has 178 valence electrons. The van der Waals surface area contributed by atoms with Gasteiger partial charge in [0.05, 0.1) is 17.2 Å². The molecule has 0 bridgehead atoms. The number of halogens is 5. The van der Waals surface area contributed by atoms with Crippen LogP contribution in [0.4, 0.5) is 17.6 Å². The molecule has 33 heavy (non-hydrogen) atoms. The first-order valence-electron chi connectivity index (χ1n) is 10.3. The third-order valence-electron chi connectivity index (χ3n) is 5.43. The summed E-state index contributed by atoms with van der Waals surface area (Å²) in [5, 5.41) is 15.4. The molecule has 0 amide bonds. The van der Waals surface area contributed by atoms with Gasteiger partial charge in [0.1, 0.15) is 5.82 Å². The molecule has 0 radical (unpaired) electrons. The van der Waals surface area contributed by atoms with Crippen molar-refractivity contribution in [1.82, 2.24) is 15.5 Å². The van der Waals surface area contributed by atoms with Crippen molar-refractivity contribution in [3.8, 4) is 6.07 Å². The number of benzene rings is 2. The monoisotopic (exact) mass is 575 g/mol. The van der Waals surface area contributed by atoms with E-state index in [1.165, 1.54) is 30.3 Å². The summed E-state index contributed by atoms with van der Waals surface area (Å²) in [4.78, 5) is 6.31. The molecule has 1 aliphatic rings. The number of guanidine groups is 1. The molecule has 0 atom stereocenters. The Morgan fingerprint density at radius 3 is 2.55 bits per heavy atom. The van der Waals surface area contributed by atoms with Gasteiger partial charge in [-0.15, -0.1) is 24.0 Å². The maximum absolute atomic E-state index is 14.0. The number of likely N-dealkylation sites (tertiary alicyclic amines) is 1. The summed E-state index contributed by atoms with van der Waals surface area (Å²) in [6.45, 7) is 2.14. The first kappa shape index (κ1) is 26.9. The van der Waals surface area contributed by atoms with E-state index in [-0.39, 0.29) is 36.6 Å². The lowest BCUT2D eigenvalue weighted by Crippen LogP contribution is -2.48. The fourth-order valence-electron chi connectivity index (χ4n) is 3.69. The van der Waals surface area contributed by atoms with Crippen molar-refractivity contribution >= 4 is 29.9 Å². The van der Waals surface area contributed by atoms with Crippen molar-refractivity contribution in [2.24, 2.45) is 4.99 Å². The van der Waals surface area contributed by atoms with E-state index in [1.807, 2.05) is 6.07 Å². The van der Waals surface area contributed by atoms with Gasteiger partial charge in [0.2, 0.25) is 0 Å². The van der Waals surface area contributed by atoms with Crippen LogP contribution in [0.5, 0.6) is 0 Å². The highest BCUT2D eigenvalue weighted by molar-refractivity contribution is 14.0. The minimum atomic E-state index is -4.34. The molecule has 2 N–H and O–H groups in total. The summed E-state index contributed by atoms with van der Waals surface area (Å²) in [6.07, 6.45) is -2.73. The van der Waals surface area contributed by atoms with E-state index in [4.69, 9.17) is 5.26 Å². The quantitative estimate of drug-likeness (QED) is 0.236. The van der Waals surface area contributed by atoms with Gasteiger partial charge >= 0.3 is 6.18 Å². The Morgan fingerprint density at radius 2 is 1.91 bits per heavy atom. The van der Waals surface area contributed by atoms with Gasteiger partial charge in [0.25, 0.3) is 0 Å². The summed E-state index contributed by atoms with van der Waals surface area (Å²) in [5.41, 5.74) is 0.783. The predicted molar refractivity (Wildman–Crippen MR) is 130 cm³/mol. The third kappa shape index (κ3) is 7.85. The Balaban J connectivity index is 0.00000385. The maximum Gasteiger partial charge on any atom is 0.416 e. The van der Waals surface area contributed by atoms with E-state index >= 15 is 0 Å². The van der Waals surface area contributed by atoms with Gasteiger partial charge in [-0.25, -0.2) is 4.39 Å². The lowest BCUT2D eigenvalue weighted by molar-refractivity contribution is -0.137. The molecule has 1 heterocycles. The fraction of sp³-hybridized carbons (Fsp3) is 0.391. The lowest BCUT2D eigenvalue weighted by Gasteiger charge is -2.33. The van der Waals surface area contributed by atoms with Crippen LogP contribution in [0.25, 0.3) is 0 Å². The van der Waals surface area contributed by atoms with Crippen LogP contribution >= 0.6 is 24.0 Å². The van der Waals surface area contributed by atoms with Gasteiger partial charge in [-0.05, 0) is 42.7 Å². The molecular weight excluding hydrogens is 549 g/mol. The van der Waals surface area contributed by atoms with Crippen molar-refractivity contribution in [2.45, 2.75) is 38.1 Å². The summed E-state index contributed by atoms with van der Waals surface area (Å²) in [7, 11) is 1.63. The minimum absolute atomic E-state index is 0. The van der Waals surface area contributed by atoms with Crippen LogP contribution in [-0.4, -0.2) is 37.0 Å². The van der Waals surface area contributed by atoms with E-state index in [0.717, 1.165) is 32.0 Å². The Kier molecular flexibility index (Phi) is 9.91. The molecule has 2 aromatic rings. The smallest absolute Gasteiger partial charge is 0.354 e. The zero-order valence-corrected chi connectivity index (χ0v) is 20.5. The Labute approximate surface area is 207 Å². The average Bonchev–Trinajstić information content (AvgIpc) is 2.78. The lowest BCUT2D eigenvalue weighted by atomic mass is 10.0. The highest BCUT2D eigenvalue weighted by Gasteiger charge is 2.30. The predicted octanol–water partition coefficient (Wildman–Crippen LogP) is 4.66. The zero-order valence-electron chi connectivity index (χ0n) is 18.1. The molecule has 0 aliphatic carbocycles. The largest absolute Gasteiger partial charge is 0.416 e. The van der Waals surface area contributed by atoms with E-state index in [1.54, 1.807) is 13.1 Å². The van der Waals surface area contributed by atoms with Gasteiger partial charge in [-0.1, -0.05) is 18.2 Å². The second-order valence-electron chi connectivity index (χ2n) is 7.74. The fourth-order valence-corrected chi connectivity index (χ4v) is 3.69. The first-order chi connectivity index (χ1) is 15.3. The molecule has 1 aliphatic heterocycles. The van der Waals surface area contributed by atoms with Gasteiger partial charge in [-0.2, -0.15) is 18.4 Å². The summed E-state index contributed by atoms with van der Waals surface area (Å²) in [5.74, 6) is 0.137. The van der Waals surface area contributed by atoms with E-state index < -0.39 is 17.6 Å². The molecule has 1 saturated heterocycles. The zero-order chi connectivity index (χ0) is 23.1. The Hall–Kier alpha value is -2.39. The minimum Gasteiger partial charge on any atom is -0.354 e. The number of rotatable bonds is 5. The van der Waals surface area contributed by atoms with Crippen LogP contribution in [0.3, 0.4) is 0 Å². The second-order valence-corrected chi connectivity index (χ2v) is 7.74. The normalized spacial score (nSPS) is 15.5. The molecular formula is C23H26F4IN5. The molecule has 1 fully saturated rings. The highest BCUT2D eigenvalue weighted by atomic mass is 127. The van der Waals surface area contributed by atoms with Crippen LogP contribution in [0, 0.1) is 17.1 Å². The van der Waals surface area contributed by atoms with E-state index in [0.29, 0.717) is 29.2 Å². The number of nitriles is 1. The maximum atomic E-state index is 14.0. The molecule has 10 heteroatoms. The Bertz CT molecular complexity index is 995. The molecule has 0 spiro atoms. The van der Waals surface area contributed by atoms with Crippen molar-refractivity contribution in [2.75, 3.05) is 20.1 Å². The molecule has 0 aromatic heterocycles. The van der Waals surface area contributed by atoms with Crippen molar-refractivity contribution in [1.29, 1.82) is 5.26 Å². The van der Waals surface area contributed by atoms with Crippen molar-refractivity contribution < 1.29 is 17.6 Å². The number of piperidine rings is 1. The summed E-state index contributed by atoms with van der Waals surface area (Å²) >= 11 is 0.